The topological polar surface area (TPSA) is 38.8 Å². The van der Waals surface area contributed by atoms with Gasteiger partial charge in [0, 0.05) is 18.2 Å². The Morgan fingerprint density at radius 1 is 1.13 bits per heavy atom. The Hall–Kier alpha value is -3.53. The molecule has 2 aromatic rings. The summed E-state index contributed by atoms with van der Waals surface area (Å²) in [6.45, 7) is 4.45. The van der Waals surface area contributed by atoms with Crippen LogP contribution in [0.15, 0.2) is 90.7 Å². The molecule has 2 aliphatic rings. The summed E-state index contributed by atoms with van der Waals surface area (Å²) in [6.07, 6.45) is 14.2. The molecular weight excluding hydrogens is 386 g/mol. The lowest BCUT2D eigenvalue weighted by atomic mass is 10.0. The summed E-state index contributed by atoms with van der Waals surface area (Å²) in [4.78, 5) is 14.7. The molecule has 1 aliphatic heterocycles. The standard InChI is InChI=1S/C27H27NO3/c1-20-15-24(16-21(2)26(20)31-19-23-11-7-4-8-12-23)27(29)28-13-14-30-25(18-28)17-22-9-5-3-6-10-22/h3-5,7-9,11-16,18H,6,10,17,19H2,1-2H3. The van der Waals surface area contributed by atoms with Crippen LogP contribution in [-0.4, -0.2) is 10.8 Å². The molecule has 0 bridgehead atoms. The van der Waals surface area contributed by atoms with Crippen LogP contribution in [0, 0.1) is 13.8 Å². The Morgan fingerprint density at radius 3 is 2.61 bits per heavy atom. The number of hydrogen-bond acceptors (Lipinski definition) is 3. The minimum absolute atomic E-state index is 0.0876. The van der Waals surface area contributed by atoms with Crippen molar-refractivity contribution in [1.29, 1.82) is 0 Å². The van der Waals surface area contributed by atoms with E-state index in [1.54, 1.807) is 23.6 Å². The third kappa shape index (κ3) is 5.15. The molecule has 1 heterocycles. The summed E-state index contributed by atoms with van der Waals surface area (Å²) >= 11 is 0. The first-order valence-electron chi connectivity index (χ1n) is 10.6. The molecule has 0 unspecified atom stereocenters. The second-order valence-electron chi connectivity index (χ2n) is 7.89. The van der Waals surface area contributed by atoms with Crippen molar-refractivity contribution in [3.05, 3.63) is 113 Å². The number of carbonyl (C=O) groups is 1. The maximum Gasteiger partial charge on any atom is 0.262 e. The summed E-state index contributed by atoms with van der Waals surface area (Å²) in [5, 5.41) is 0. The van der Waals surface area contributed by atoms with Crippen LogP contribution in [0.1, 0.15) is 46.3 Å². The number of ether oxygens (including phenoxy) is 2. The van der Waals surface area contributed by atoms with Crippen LogP contribution in [0.4, 0.5) is 0 Å². The van der Waals surface area contributed by atoms with Gasteiger partial charge in [-0.05, 0) is 55.5 Å². The van der Waals surface area contributed by atoms with E-state index in [0.717, 1.165) is 41.0 Å². The Morgan fingerprint density at radius 2 is 1.90 bits per heavy atom. The largest absolute Gasteiger partial charge is 0.488 e. The number of aryl methyl sites for hydroxylation is 2. The highest BCUT2D eigenvalue weighted by molar-refractivity contribution is 5.96. The van der Waals surface area contributed by atoms with Gasteiger partial charge in [-0.15, -0.1) is 0 Å². The first-order valence-corrected chi connectivity index (χ1v) is 10.6. The van der Waals surface area contributed by atoms with Gasteiger partial charge in [0.25, 0.3) is 5.91 Å². The van der Waals surface area contributed by atoms with Gasteiger partial charge in [0.05, 0.1) is 6.20 Å². The Balaban J connectivity index is 1.47. The van der Waals surface area contributed by atoms with Gasteiger partial charge in [0.15, 0.2) is 0 Å². The molecule has 158 valence electrons. The third-order valence-corrected chi connectivity index (χ3v) is 5.39. The van der Waals surface area contributed by atoms with Crippen molar-refractivity contribution in [3.63, 3.8) is 0 Å². The minimum Gasteiger partial charge on any atom is -0.488 e. The zero-order valence-corrected chi connectivity index (χ0v) is 18.0. The highest BCUT2D eigenvalue weighted by Gasteiger charge is 2.19. The normalized spacial score (nSPS) is 15.2. The van der Waals surface area contributed by atoms with Gasteiger partial charge >= 0.3 is 0 Å². The predicted molar refractivity (Wildman–Crippen MR) is 122 cm³/mol. The number of benzene rings is 2. The van der Waals surface area contributed by atoms with Crippen molar-refractivity contribution >= 4 is 5.91 Å². The molecule has 1 aliphatic carbocycles. The van der Waals surface area contributed by atoms with Crippen LogP contribution in [-0.2, 0) is 11.3 Å². The Kier molecular flexibility index (Phi) is 6.37. The molecule has 0 atom stereocenters. The number of nitrogens with zero attached hydrogens (tertiary/aromatic N) is 1. The Labute approximate surface area is 183 Å². The summed E-state index contributed by atoms with van der Waals surface area (Å²) in [7, 11) is 0. The molecule has 0 aromatic heterocycles. The van der Waals surface area contributed by atoms with Crippen molar-refractivity contribution in [2.45, 2.75) is 39.7 Å². The number of rotatable bonds is 6. The first-order chi connectivity index (χ1) is 15.1. The zero-order chi connectivity index (χ0) is 21.6. The molecule has 4 heteroatoms. The monoisotopic (exact) mass is 413 g/mol. The molecule has 4 rings (SSSR count). The molecule has 0 N–H and O–H groups in total. The molecule has 1 amide bonds. The Bertz CT molecular complexity index is 1050. The SMILES string of the molecule is Cc1cc(C(=O)N2C=COC(CC3=CC=CCC3)=C2)cc(C)c1OCc1ccccc1. The van der Waals surface area contributed by atoms with Crippen molar-refractivity contribution < 1.29 is 14.3 Å². The van der Waals surface area contributed by atoms with Crippen LogP contribution < -0.4 is 4.74 Å². The van der Waals surface area contributed by atoms with E-state index in [2.05, 4.69) is 18.2 Å². The molecule has 0 spiro atoms. The summed E-state index contributed by atoms with van der Waals surface area (Å²) in [5.41, 5.74) is 4.94. The van der Waals surface area contributed by atoms with Gasteiger partial charge < -0.3 is 9.47 Å². The molecule has 0 radical (unpaired) electrons. The average Bonchev–Trinajstić information content (AvgIpc) is 2.79. The lowest BCUT2D eigenvalue weighted by Crippen LogP contribution is -2.23. The van der Waals surface area contributed by atoms with E-state index in [1.807, 2.05) is 56.3 Å². The predicted octanol–water partition coefficient (Wildman–Crippen LogP) is 6.33. The number of allylic oxidation sites excluding steroid dienone is 4. The maximum atomic E-state index is 13.1. The molecule has 0 saturated heterocycles. The summed E-state index contributed by atoms with van der Waals surface area (Å²) in [6, 6.07) is 13.8. The van der Waals surface area contributed by atoms with Crippen molar-refractivity contribution in [2.24, 2.45) is 0 Å². The molecule has 31 heavy (non-hydrogen) atoms. The van der Waals surface area contributed by atoms with Gasteiger partial charge in [0.2, 0.25) is 0 Å². The van der Waals surface area contributed by atoms with E-state index in [0.29, 0.717) is 18.6 Å². The van der Waals surface area contributed by atoms with Crippen LogP contribution >= 0.6 is 0 Å². The molecule has 4 nitrogen and oxygen atoms in total. The highest BCUT2D eigenvalue weighted by Crippen LogP contribution is 2.28. The van der Waals surface area contributed by atoms with Crippen molar-refractivity contribution in [1.82, 2.24) is 4.90 Å². The van der Waals surface area contributed by atoms with Crippen LogP contribution in [0.3, 0.4) is 0 Å². The van der Waals surface area contributed by atoms with Crippen molar-refractivity contribution in [3.8, 4) is 5.75 Å². The fourth-order valence-electron chi connectivity index (χ4n) is 3.83. The van der Waals surface area contributed by atoms with E-state index >= 15 is 0 Å². The van der Waals surface area contributed by atoms with Gasteiger partial charge in [-0.1, -0.05) is 54.1 Å². The second-order valence-corrected chi connectivity index (χ2v) is 7.89. The first kappa shape index (κ1) is 20.7. The van der Waals surface area contributed by atoms with E-state index in [4.69, 9.17) is 9.47 Å². The van der Waals surface area contributed by atoms with Crippen LogP contribution in [0.5, 0.6) is 5.75 Å². The van der Waals surface area contributed by atoms with Gasteiger partial charge in [-0.2, -0.15) is 0 Å². The van der Waals surface area contributed by atoms with E-state index < -0.39 is 0 Å². The maximum absolute atomic E-state index is 13.1. The van der Waals surface area contributed by atoms with E-state index in [1.165, 1.54) is 5.57 Å². The van der Waals surface area contributed by atoms with Gasteiger partial charge in [-0.25, -0.2) is 0 Å². The van der Waals surface area contributed by atoms with Crippen LogP contribution in [0.25, 0.3) is 0 Å². The lowest BCUT2D eigenvalue weighted by molar-refractivity contribution is 0.0853. The fraction of sp³-hybridized carbons (Fsp3) is 0.222. The number of carbonyl (C=O) groups excluding carboxylic acids is 1. The van der Waals surface area contributed by atoms with Crippen molar-refractivity contribution in [2.75, 3.05) is 0 Å². The lowest BCUT2D eigenvalue weighted by Gasteiger charge is -2.22. The highest BCUT2D eigenvalue weighted by atomic mass is 16.5. The average molecular weight is 414 g/mol. The summed E-state index contributed by atoms with van der Waals surface area (Å²) < 4.78 is 11.7. The van der Waals surface area contributed by atoms with E-state index in [-0.39, 0.29) is 5.91 Å². The summed E-state index contributed by atoms with van der Waals surface area (Å²) in [5.74, 6) is 1.51. The van der Waals surface area contributed by atoms with Gasteiger partial charge in [-0.3, -0.25) is 9.69 Å². The zero-order valence-electron chi connectivity index (χ0n) is 18.0. The number of hydrogen-bond donors (Lipinski definition) is 0. The minimum atomic E-state index is -0.0876. The van der Waals surface area contributed by atoms with E-state index in [9.17, 15) is 4.79 Å². The molecule has 0 saturated carbocycles. The smallest absolute Gasteiger partial charge is 0.262 e. The second kappa shape index (κ2) is 9.52. The third-order valence-electron chi connectivity index (χ3n) is 5.39. The van der Waals surface area contributed by atoms with Crippen LogP contribution in [0.2, 0.25) is 0 Å². The molecule has 0 fully saturated rings. The molecular formula is C27H27NO3. The van der Waals surface area contributed by atoms with Gasteiger partial charge in [0.1, 0.15) is 24.4 Å². The fourth-order valence-corrected chi connectivity index (χ4v) is 3.83. The molecule has 2 aromatic carbocycles. The quantitative estimate of drug-likeness (QED) is 0.555. The number of amides is 1.